The second kappa shape index (κ2) is 52.5. The van der Waals surface area contributed by atoms with Crippen molar-refractivity contribution in [2.24, 2.45) is 47.3 Å². The summed E-state index contributed by atoms with van der Waals surface area (Å²) in [5, 5.41) is 35.7. The van der Waals surface area contributed by atoms with Crippen LogP contribution in [-0.2, 0) is 62.4 Å². The summed E-state index contributed by atoms with van der Waals surface area (Å²) in [6, 6.07) is 79.2. The molecule has 0 aromatic heterocycles. The summed E-state index contributed by atoms with van der Waals surface area (Å²) >= 11 is 0. The molecule has 764 valence electrons. The van der Waals surface area contributed by atoms with Crippen molar-refractivity contribution in [3.63, 3.8) is 0 Å². The van der Waals surface area contributed by atoms with Crippen LogP contribution in [0.2, 0.25) is 18.1 Å². The summed E-state index contributed by atoms with van der Waals surface area (Å²) in [4.78, 5) is 0. The highest BCUT2D eigenvalue weighted by molar-refractivity contribution is 6.74. The molecule has 143 heavy (non-hydrogen) atoms. The van der Waals surface area contributed by atoms with Crippen LogP contribution in [0.5, 0.6) is 17.2 Å². The average molecular weight is 1930 g/mol. The van der Waals surface area contributed by atoms with Gasteiger partial charge in [-0.05, 0) is 302 Å². The quantitative estimate of drug-likeness (QED) is 0.0305. The number of aromatic hydroxyl groups is 1. The Kier molecular flexibility index (Phi) is 40.3. The van der Waals surface area contributed by atoms with E-state index in [4.69, 9.17) is 4.43 Å². The van der Waals surface area contributed by atoms with Crippen molar-refractivity contribution in [2.75, 3.05) is 0 Å². The summed E-state index contributed by atoms with van der Waals surface area (Å²) in [5.74, 6) is 6.05. The topological polar surface area (TPSA) is 38.7 Å². The number of ether oxygens (including phenoxy) is 1. The van der Waals surface area contributed by atoms with E-state index in [0.717, 1.165) is 147 Å². The maximum atomic E-state index is 15.5. The SMILES string of the molecule is CCCCC(CC)Cc1cccc2c(-c3cc(Oc4c(-c5c6cccc(CC(CC)CCCC)c6cc6c(CC(CC)CCCC)cccc56)cc(CO[Si](C)(C)C(C)(C)C)cc4-c4c5cccc(CC(CC)CCCC)c5cc5c(CC(CC)CCCC)cccc45)cc(-c4c5cccc(CC(CC)CCCC)c5cc5c(CC(CC)CCCC)cccc45)c3O)c3cccc(CC(CC)CCCC)c3cc12. The Morgan fingerprint density at radius 1 is 0.245 bits per heavy atom. The molecule has 0 aliphatic heterocycles. The van der Waals surface area contributed by atoms with E-state index in [9.17, 15) is 4.74 Å². The summed E-state index contributed by atoms with van der Waals surface area (Å²) in [6.07, 6.45) is 45.8. The van der Waals surface area contributed by atoms with Crippen LogP contribution in [0, 0.1) is 47.3 Å². The van der Waals surface area contributed by atoms with Gasteiger partial charge >= 0.3 is 0 Å². The van der Waals surface area contributed by atoms with Gasteiger partial charge in [-0.2, -0.15) is 0 Å². The van der Waals surface area contributed by atoms with Crippen LogP contribution >= 0.6 is 0 Å². The lowest BCUT2D eigenvalue weighted by Crippen LogP contribution is -2.40. The van der Waals surface area contributed by atoms with Gasteiger partial charge in [0.25, 0.3) is 0 Å². The minimum atomic E-state index is -2.47. The number of phenolic OH excluding ortho intramolecular Hbond substituents is 1. The molecular weight excluding hydrogens is 1750 g/mol. The molecular formula is C139H186O3Si. The monoisotopic (exact) mass is 1930 g/mol. The van der Waals surface area contributed by atoms with Gasteiger partial charge in [-0.25, -0.2) is 0 Å². The van der Waals surface area contributed by atoms with E-state index >= 15 is 5.11 Å². The lowest BCUT2D eigenvalue weighted by molar-refractivity contribution is 0.276. The van der Waals surface area contributed by atoms with Crippen LogP contribution in [0.4, 0.5) is 0 Å². The summed E-state index contributed by atoms with van der Waals surface area (Å²) < 4.78 is 17.1. The molecule has 0 spiro atoms. The first-order valence-electron chi connectivity index (χ1n) is 58.7. The van der Waals surface area contributed by atoms with Gasteiger partial charge in [-0.1, -0.05) is 483 Å². The Labute approximate surface area is 869 Å². The average Bonchev–Trinajstić information content (AvgIpc) is 0.723. The smallest absolute Gasteiger partial charge is 0.192 e. The maximum absolute atomic E-state index is 15.5. The first-order valence-corrected chi connectivity index (χ1v) is 61.6. The Bertz CT molecular complexity index is 5850. The lowest BCUT2D eigenvalue weighted by atomic mass is 9.81. The molecule has 0 heterocycles. The summed E-state index contributed by atoms with van der Waals surface area (Å²) in [7, 11) is -2.47. The predicted molar refractivity (Wildman–Crippen MR) is 634 cm³/mol. The second-order valence-corrected chi connectivity index (χ2v) is 50.9. The first kappa shape index (κ1) is 110. The van der Waals surface area contributed by atoms with E-state index in [-0.39, 0.29) is 5.04 Å². The van der Waals surface area contributed by atoms with E-state index in [2.05, 4.69) is 339 Å². The van der Waals surface area contributed by atoms with Crippen LogP contribution in [0.1, 0.15) is 387 Å². The molecule has 0 aliphatic rings. The first-order chi connectivity index (χ1) is 69.5. The van der Waals surface area contributed by atoms with Crippen LogP contribution in [0.25, 0.3) is 131 Å². The molecule has 14 aromatic carbocycles. The third-order valence-corrected chi connectivity index (χ3v) is 39.7. The Morgan fingerprint density at radius 2 is 0.434 bits per heavy atom. The molecule has 8 unspecified atom stereocenters. The number of unbranched alkanes of at least 4 members (excludes halogenated alkanes) is 8. The fourth-order valence-electron chi connectivity index (χ4n) is 24.7. The molecule has 14 rings (SSSR count). The highest BCUT2D eigenvalue weighted by Gasteiger charge is 2.38. The zero-order valence-electron chi connectivity index (χ0n) is 93.3. The number of hydrogen-bond donors (Lipinski definition) is 1. The molecule has 0 bridgehead atoms. The number of benzene rings is 14. The second-order valence-electron chi connectivity index (χ2n) is 46.1. The van der Waals surface area contributed by atoms with Crippen LogP contribution in [0.15, 0.2) is 194 Å². The normalized spacial score (nSPS) is 14.0. The molecule has 0 radical (unpaired) electrons. The molecule has 1 N–H and O–H groups in total. The van der Waals surface area contributed by atoms with Crippen LogP contribution < -0.4 is 4.74 Å². The van der Waals surface area contributed by atoms with Gasteiger partial charge in [0, 0.05) is 44.5 Å². The molecule has 0 saturated heterocycles. The third-order valence-electron chi connectivity index (χ3n) is 35.2. The van der Waals surface area contributed by atoms with Gasteiger partial charge in [-0.15, -0.1) is 0 Å². The van der Waals surface area contributed by atoms with E-state index in [1.165, 1.54) is 296 Å². The Hall–Kier alpha value is -9.06. The zero-order chi connectivity index (χ0) is 101. The van der Waals surface area contributed by atoms with E-state index in [1.807, 2.05) is 0 Å². The van der Waals surface area contributed by atoms with E-state index < -0.39 is 8.32 Å². The molecule has 14 aromatic rings. The third kappa shape index (κ3) is 25.7. The highest BCUT2D eigenvalue weighted by Crippen LogP contribution is 2.57. The number of rotatable bonds is 57. The van der Waals surface area contributed by atoms with Crippen molar-refractivity contribution in [3.05, 3.63) is 244 Å². The van der Waals surface area contributed by atoms with Crippen molar-refractivity contribution < 1.29 is 14.3 Å². The van der Waals surface area contributed by atoms with E-state index in [0.29, 0.717) is 65.4 Å². The van der Waals surface area contributed by atoms with Crippen LogP contribution in [0.3, 0.4) is 0 Å². The standard InChI is InChI=1S/C139H186O3Si/c1-22-38-54-95(30-9)78-104-62-46-70-113-121(104)90-122-105(79-96(31-10)55-39-23-2)63-47-71-114(122)133(113)129-88-112(89-130(137(129)140)134-115-72-48-64-106(80-97(32-11)56-40-24-3)123(115)91-124-107(65-49-73-116(124)134)81-98(33-12)57-41-25-4)142-138-131(135-117-74-50-66-108(82-99(34-13)58-42-26-5)125(117)92-126-109(67-51-75-118(126)135)83-100(35-14)59-43-27-6)86-103(94-141-143(20,21)139(17,18)19)87-132(138)136-119-76-52-68-110(84-101(36-15)60-44-28-7)127(119)93-128-111(69-53-77-120(128)136)85-102(37-16)61-45-29-8/h46-53,62-77,86-93,95-102,140H,22-45,54-61,78-85,94H2,1-21H3. The Balaban J connectivity index is 1.25. The van der Waals surface area contributed by atoms with Gasteiger partial charge in [-0.3, -0.25) is 0 Å². The van der Waals surface area contributed by atoms with Crippen molar-refractivity contribution in [1.29, 1.82) is 0 Å². The minimum Gasteiger partial charge on any atom is -0.507 e. The molecule has 0 amide bonds. The van der Waals surface area contributed by atoms with Gasteiger partial charge in [0.15, 0.2) is 8.32 Å². The minimum absolute atomic E-state index is 0.0650. The fourth-order valence-corrected chi connectivity index (χ4v) is 25.6. The van der Waals surface area contributed by atoms with Gasteiger partial charge in [0.2, 0.25) is 0 Å². The number of phenols is 1. The highest BCUT2D eigenvalue weighted by atomic mass is 28.4. The van der Waals surface area contributed by atoms with Gasteiger partial charge in [0.1, 0.15) is 17.2 Å². The molecule has 4 heteroatoms. The van der Waals surface area contributed by atoms with Crippen molar-refractivity contribution in [3.8, 4) is 61.8 Å². The maximum Gasteiger partial charge on any atom is 0.192 e. The van der Waals surface area contributed by atoms with Crippen LogP contribution in [-0.4, -0.2) is 13.4 Å². The molecule has 0 fully saturated rings. The van der Waals surface area contributed by atoms with Crippen molar-refractivity contribution in [2.45, 2.75) is 413 Å². The lowest BCUT2D eigenvalue weighted by Gasteiger charge is -2.36. The van der Waals surface area contributed by atoms with Crippen molar-refractivity contribution in [1.82, 2.24) is 0 Å². The van der Waals surface area contributed by atoms with Crippen molar-refractivity contribution >= 4 is 94.5 Å². The molecule has 0 saturated carbocycles. The van der Waals surface area contributed by atoms with Gasteiger partial charge in [0.05, 0.1) is 6.61 Å². The van der Waals surface area contributed by atoms with E-state index in [1.54, 1.807) is 0 Å². The Morgan fingerprint density at radius 3 is 0.608 bits per heavy atom. The molecule has 3 nitrogen and oxygen atoms in total. The fraction of sp³-hybridized carbons (Fsp3) is 0.511. The zero-order valence-corrected chi connectivity index (χ0v) is 94.3. The number of hydrogen-bond acceptors (Lipinski definition) is 3. The molecule has 8 atom stereocenters. The number of fused-ring (bicyclic) bond motifs is 8. The largest absolute Gasteiger partial charge is 0.507 e. The summed E-state index contributed by atoms with van der Waals surface area (Å²) in [6.45, 7) is 51.0. The summed E-state index contributed by atoms with van der Waals surface area (Å²) in [5.41, 5.74) is 20.8. The molecule has 0 aliphatic carbocycles. The predicted octanol–water partition coefficient (Wildman–Crippen LogP) is 43.7. The van der Waals surface area contributed by atoms with Gasteiger partial charge < -0.3 is 14.3 Å².